The van der Waals surface area contributed by atoms with Gasteiger partial charge >= 0.3 is 0 Å². The van der Waals surface area contributed by atoms with Crippen LogP contribution in [0.1, 0.15) is 56.0 Å². The van der Waals surface area contributed by atoms with Crippen LogP contribution in [-0.2, 0) is 0 Å². The Morgan fingerprint density at radius 3 is 1.89 bits per heavy atom. The van der Waals surface area contributed by atoms with Crippen LogP contribution >= 0.6 is 0 Å². The van der Waals surface area contributed by atoms with Crippen molar-refractivity contribution in [2.24, 2.45) is 0 Å². The lowest BCUT2D eigenvalue weighted by molar-refractivity contribution is 0.538. The quantitative estimate of drug-likeness (QED) is 0.463. The van der Waals surface area contributed by atoms with Crippen molar-refractivity contribution in [3.05, 3.63) is 89.0 Å². The summed E-state index contributed by atoms with van der Waals surface area (Å²) in [5.41, 5.74) is 6.07. The Morgan fingerprint density at radius 2 is 1.37 bits per heavy atom. The third-order valence-corrected chi connectivity index (χ3v) is 4.25. The van der Waals surface area contributed by atoms with Crippen molar-refractivity contribution in [2.45, 2.75) is 59.7 Å². The van der Waals surface area contributed by atoms with Gasteiger partial charge in [-0.25, -0.2) is 0 Å². The summed E-state index contributed by atoms with van der Waals surface area (Å²) in [6, 6.07) is 18.2. The molecule has 142 valence electrons. The zero-order chi connectivity index (χ0) is 19.8. The van der Waals surface area contributed by atoms with Gasteiger partial charge < -0.3 is 10.6 Å². The molecule has 2 nitrogen and oxygen atoms in total. The Balaban J connectivity index is 2.26. The molecule has 2 heteroatoms. The Morgan fingerprint density at radius 1 is 0.815 bits per heavy atom. The number of allylic oxidation sites excluding steroid dienone is 2. The molecule has 0 amide bonds. The fraction of sp³-hybridized carbons (Fsp3) is 0.360. The minimum Gasteiger partial charge on any atom is -0.307 e. The fourth-order valence-electron chi connectivity index (χ4n) is 2.85. The molecular weight excluding hydrogens is 328 g/mol. The fourth-order valence-corrected chi connectivity index (χ4v) is 2.85. The van der Waals surface area contributed by atoms with Crippen molar-refractivity contribution < 1.29 is 0 Å². The Labute approximate surface area is 165 Å². The minimum absolute atomic E-state index is 0.139. The van der Waals surface area contributed by atoms with Crippen LogP contribution in [-0.4, -0.2) is 12.1 Å². The standard InChI is InChI=1S/C25H33N2/c1-18(2)26-24(22-14-10-20(5)11-15-22)8-7-9-25(27-19(3)4)23-16-12-21(6)13-17-23/h8-19,24,26-27H,1-6H3/q+1/b25-9-. The summed E-state index contributed by atoms with van der Waals surface area (Å²) >= 11 is 0. The number of hydrogen-bond acceptors (Lipinski definition) is 2. The molecule has 0 heterocycles. The molecule has 1 atom stereocenters. The first-order chi connectivity index (χ1) is 12.8. The molecule has 0 aliphatic rings. The van der Waals surface area contributed by atoms with Crippen LogP contribution in [0.3, 0.4) is 0 Å². The van der Waals surface area contributed by atoms with Gasteiger partial charge in [-0.05, 0) is 59.2 Å². The van der Waals surface area contributed by atoms with Gasteiger partial charge in [0.2, 0.25) is 0 Å². The van der Waals surface area contributed by atoms with Gasteiger partial charge in [0, 0.05) is 12.1 Å². The van der Waals surface area contributed by atoms with Gasteiger partial charge in [0.1, 0.15) is 0 Å². The van der Waals surface area contributed by atoms with Crippen LogP contribution in [0.5, 0.6) is 0 Å². The van der Waals surface area contributed by atoms with E-state index in [-0.39, 0.29) is 6.04 Å². The first-order valence-electron chi connectivity index (χ1n) is 9.81. The first kappa shape index (κ1) is 20.9. The van der Waals surface area contributed by atoms with Crippen LogP contribution in [0.4, 0.5) is 0 Å². The third kappa shape index (κ3) is 7.02. The van der Waals surface area contributed by atoms with Gasteiger partial charge in [0.25, 0.3) is 0 Å². The van der Waals surface area contributed by atoms with E-state index in [4.69, 9.17) is 0 Å². The molecule has 0 bridgehead atoms. The molecule has 1 unspecified atom stereocenters. The molecule has 2 rings (SSSR count). The van der Waals surface area contributed by atoms with Crippen molar-refractivity contribution >= 4 is 5.70 Å². The molecule has 0 spiro atoms. The summed E-state index contributed by atoms with van der Waals surface area (Å²) in [6.07, 6.45) is 7.57. The maximum absolute atomic E-state index is 3.61. The van der Waals surface area contributed by atoms with Gasteiger partial charge in [0.15, 0.2) is 11.8 Å². The Bertz CT molecular complexity index is 750. The highest BCUT2D eigenvalue weighted by Gasteiger charge is 2.14. The highest BCUT2D eigenvalue weighted by Crippen LogP contribution is 2.18. The summed E-state index contributed by atoms with van der Waals surface area (Å²) in [5, 5.41) is 7.15. The second-order valence-corrected chi connectivity index (χ2v) is 7.77. The van der Waals surface area contributed by atoms with Gasteiger partial charge in [-0.3, -0.25) is 0 Å². The van der Waals surface area contributed by atoms with Crippen LogP contribution in [0.2, 0.25) is 0 Å². The van der Waals surface area contributed by atoms with E-state index in [1.165, 1.54) is 22.3 Å². The topological polar surface area (TPSA) is 24.1 Å². The molecule has 0 aliphatic heterocycles. The normalized spacial score (nSPS) is 13.3. The van der Waals surface area contributed by atoms with E-state index in [1.807, 2.05) is 6.08 Å². The lowest BCUT2D eigenvalue weighted by Gasteiger charge is -2.16. The maximum atomic E-state index is 3.61. The highest BCUT2D eigenvalue weighted by molar-refractivity contribution is 5.65. The molecule has 0 saturated heterocycles. The van der Waals surface area contributed by atoms with Crippen LogP contribution < -0.4 is 10.6 Å². The lowest BCUT2D eigenvalue weighted by Crippen LogP contribution is -2.26. The molecule has 2 aromatic carbocycles. The largest absolute Gasteiger partial charge is 0.307 e. The SMILES string of the molecule is Cc1ccc(/C(=C/[C+]=CC(NC(C)C)c2ccc(C)cc2)NC(C)C)cc1. The van der Waals surface area contributed by atoms with Crippen LogP contribution in [0.25, 0.3) is 5.70 Å². The van der Waals surface area contributed by atoms with Crippen molar-refractivity contribution in [3.63, 3.8) is 0 Å². The average Bonchev–Trinajstić information content (AvgIpc) is 2.61. The molecule has 0 aliphatic carbocycles. The van der Waals surface area contributed by atoms with Gasteiger partial charge in [0.05, 0.1) is 23.8 Å². The van der Waals surface area contributed by atoms with E-state index in [2.05, 4.69) is 113 Å². The molecule has 0 saturated carbocycles. The smallest absolute Gasteiger partial charge is 0.185 e. The number of nitrogens with one attached hydrogen (secondary N) is 2. The molecule has 0 radical (unpaired) electrons. The monoisotopic (exact) mass is 361 g/mol. The van der Waals surface area contributed by atoms with Gasteiger partial charge in [-0.2, -0.15) is 0 Å². The lowest BCUT2D eigenvalue weighted by atomic mass is 10.0. The number of hydrogen-bond donors (Lipinski definition) is 2. The molecule has 0 fully saturated rings. The molecular formula is C25H33N2+. The van der Waals surface area contributed by atoms with Crippen LogP contribution in [0, 0.1) is 19.9 Å². The number of aryl methyl sites for hydroxylation is 2. The summed E-state index contributed by atoms with van der Waals surface area (Å²) in [6.45, 7) is 12.9. The van der Waals surface area contributed by atoms with Crippen molar-refractivity contribution in [1.82, 2.24) is 10.6 Å². The van der Waals surface area contributed by atoms with Crippen LogP contribution in [0.15, 0.2) is 60.7 Å². The Kier molecular flexibility index (Phi) is 7.79. The summed E-state index contributed by atoms with van der Waals surface area (Å²) < 4.78 is 0. The Hall–Kier alpha value is -2.41. The van der Waals surface area contributed by atoms with E-state index in [0.29, 0.717) is 12.1 Å². The third-order valence-electron chi connectivity index (χ3n) is 4.25. The van der Waals surface area contributed by atoms with E-state index in [9.17, 15) is 0 Å². The van der Waals surface area contributed by atoms with E-state index in [1.54, 1.807) is 0 Å². The number of benzene rings is 2. The van der Waals surface area contributed by atoms with Crippen molar-refractivity contribution in [1.29, 1.82) is 0 Å². The highest BCUT2D eigenvalue weighted by atomic mass is 14.9. The second kappa shape index (κ2) is 10.1. The van der Waals surface area contributed by atoms with E-state index < -0.39 is 0 Å². The summed E-state index contributed by atoms with van der Waals surface area (Å²) in [7, 11) is 0. The summed E-state index contributed by atoms with van der Waals surface area (Å²) in [4.78, 5) is 0. The molecule has 0 aromatic heterocycles. The van der Waals surface area contributed by atoms with E-state index >= 15 is 0 Å². The van der Waals surface area contributed by atoms with Crippen molar-refractivity contribution in [3.8, 4) is 0 Å². The zero-order valence-electron chi connectivity index (χ0n) is 17.5. The summed E-state index contributed by atoms with van der Waals surface area (Å²) in [5.74, 6) is 0. The predicted molar refractivity (Wildman–Crippen MR) is 117 cm³/mol. The van der Waals surface area contributed by atoms with Gasteiger partial charge in [-0.1, -0.05) is 47.5 Å². The number of rotatable bonds is 8. The van der Waals surface area contributed by atoms with E-state index in [0.717, 1.165) is 5.70 Å². The second-order valence-electron chi connectivity index (χ2n) is 7.77. The maximum Gasteiger partial charge on any atom is 0.185 e. The van der Waals surface area contributed by atoms with Gasteiger partial charge in [-0.15, -0.1) is 0 Å². The minimum atomic E-state index is 0.139. The predicted octanol–water partition coefficient (Wildman–Crippen LogP) is 5.74. The average molecular weight is 362 g/mol. The molecule has 2 aromatic rings. The molecule has 2 N–H and O–H groups in total. The first-order valence-corrected chi connectivity index (χ1v) is 9.81. The molecule has 27 heavy (non-hydrogen) atoms. The van der Waals surface area contributed by atoms with Crippen molar-refractivity contribution in [2.75, 3.05) is 0 Å². The zero-order valence-corrected chi connectivity index (χ0v) is 17.5.